The molecule has 1 saturated carbocycles. The number of nitrogens with zero attached hydrogens (tertiary/aromatic N) is 2. The Morgan fingerprint density at radius 2 is 1.64 bits per heavy atom. The molecule has 1 aromatic carbocycles. The van der Waals surface area contributed by atoms with Gasteiger partial charge >= 0.3 is 18.2 Å². The Bertz CT molecular complexity index is 1490. The summed E-state index contributed by atoms with van der Waals surface area (Å²) in [6.45, 7) is 7.01. The van der Waals surface area contributed by atoms with Crippen molar-refractivity contribution in [2.75, 3.05) is 6.54 Å². The lowest BCUT2D eigenvalue weighted by Crippen LogP contribution is -2.55. The van der Waals surface area contributed by atoms with E-state index in [1.165, 1.54) is 18.2 Å². The molecule has 15 heteroatoms. The number of carboxylic acids is 1. The highest BCUT2D eigenvalue weighted by Gasteiger charge is 2.38. The number of benzene rings is 1. The molecule has 10 nitrogen and oxygen atoms in total. The molecule has 1 aliphatic rings. The lowest BCUT2D eigenvalue weighted by molar-refractivity contribution is -0.192. The third-order valence-electron chi connectivity index (χ3n) is 6.59. The number of aromatic nitrogens is 2. The van der Waals surface area contributed by atoms with Crippen molar-refractivity contribution >= 4 is 23.6 Å². The fourth-order valence-corrected chi connectivity index (χ4v) is 4.61. The molecule has 3 aromatic rings. The van der Waals surface area contributed by atoms with Crippen molar-refractivity contribution in [3.05, 3.63) is 65.1 Å². The molecule has 4 rings (SSSR count). The minimum atomic E-state index is -5.08. The number of hydrogen-bond donors (Lipinski definition) is 3. The minimum Gasteiger partial charge on any atom is -0.485 e. The molecule has 0 radical (unpaired) electrons. The molecule has 0 aliphatic heterocycles. The van der Waals surface area contributed by atoms with Crippen LogP contribution in [0, 0.1) is 18.6 Å². The van der Waals surface area contributed by atoms with Crippen molar-refractivity contribution in [2.24, 2.45) is 0 Å². The van der Waals surface area contributed by atoms with Gasteiger partial charge in [-0.15, -0.1) is 0 Å². The Morgan fingerprint density at radius 3 is 2.18 bits per heavy atom. The molecule has 0 atom stereocenters. The van der Waals surface area contributed by atoms with Gasteiger partial charge in [0.2, 0.25) is 0 Å². The summed E-state index contributed by atoms with van der Waals surface area (Å²) in [5.41, 5.74) is -0.285. The maximum atomic E-state index is 14.0. The van der Waals surface area contributed by atoms with Crippen LogP contribution in [0.25, 0.3) is 5.65 Å². The normalized spacial score (nSPS) is 14.4. The third kappa shape index (κ3) is 8.80. The van der Waals surface area contributed by atoms with Crippen LogP contribution in [-0.2, 0) is 16.1 Å². The standard InChI is InChI=1S/C27H32F2N4O4.C2HF3O2/c1-17-22(24(34)30-16-27(12-5-6-13-27)32-25(35)37-26(2,3)4)33-14-8-11-21(23(33)31-17)36-15-18-19(28)9-7-10-20(18)29;3-2(4,5)1(6)7/h7-11,14H,5-6,12-13,15-16H2,1-4H3,(H,30,34)(H,32,35);(H,6,7). The first-order valence-electron chi connectivity index (χ1n) is 13.6. The van der Waals surface area contributed by atoms with Gasteiger partial charge < -0.3 is 25.2 Å². The Morgan fingerprint density at radius 1 is 1.05 bits per heavy atom. The number of carboxylic acid groups (broad SMARTS) is 1. The van der Waals surface area contributed by atoms with Crippen molar-refractivity contribution in [3.8, 4) is 5.75 Å². The van der Waals surface area contributed by atoms with E-state index in [0.717, 1.165) is 25.7 Å². The number of aryl methyl sites for hydroxylation is 1. The maximum absolute atomic E-state index is 14.0. The van der Waals surface area contributed by atoms with Gasteiger partial charge in [0.05, 0.1) is 16.8 Å². The van der Waals surface area contributed by atoms with E-state index in [2.05, 4.69) is 15.6 Å². The number of alkyl carbamates (subject to hydrolysis) is 1. The summed E-state index contributed by atoms with van der Waals surface area (Å²) in [5.74, 6) is -4.24. The number of fused-ring (bicyclic) bond motifs is 1. The van der Waals surface area contributed by atoms with Crippen molar-refractivity contribution in [1.29, 1.82) is 0 Å². The molecule has 240 valence electrons. The molecule has 0 unspecified atom stereocenters. The number of aliphatic carboxylic acids is 1. The van der Waals surface area contributed by atoms with Gasteiger partial charge in [-0.05, 0) is 64.8 Å². The number of alkyl halides is 3. The van der Waals surface area contributed by atoms with E-state index in [0.29, 0.717) is 17.0 Å². The second-order valence-electron chi connectivity index (χ2n) is 11.2. The van der Waals surface area contributed by atoms with Gasteiger partial charge in [0.25, 0.3) is 5.91 Å². The van der Waals surface area contributed by atoms with E-state index < -0.39 is 41.0 Å². The molecule has 2 amide bonds. The average molecular weight is 629 g/mol. The van der Waals surface area contributed by atoms with Crippen LogP contribution in [0.4, 0.5) is 26.7 Å². The monoisotopic (exact) mass is 628 g/mol. The summed E-state index contributed by atoms with van der Waals surface area (Å²) in [5, 5.41) is 13.0. The van der Waals surface area contributed by atoms with Crippen LogP contribution in [0.3, 0.4) is 0 Å². The molecule has 0 spiro atoms. The van der Waals surface area contributed by atoms with Crippen molar-refractivity contribution in [3.63, 3.8) is 0 Å². The average Bonchev–Trinajstić information content (AvgIpc) is 3.49. The van der Waals surface area contributed by atoms with Gasteiger partial charge in [-0.25, -0.2) is 23.4 Å². The van der Waals surface area contributed by atoms with Crippen LogP contribution in [0.2, 0.25) is 0 Å². The van der Waals surface area contributed by atoms with E-state index in [4.69, 9.17) is 19.4 Å². The van der Waals surface area contributed by atoms with Gasteiger partial charge in [0.1, 0.15) is 29.5 Å². The quantitative estimate of drug-likeness (QED) is 0.286. The summed E-state index contributed by atoms with van der Waals surface area (Å²) < 4.78 is 72.5. The van der Waals surface area contributed by atoms with E-state index in [1.807, 2.05) is 0 Å². The summed E-state index contributed by atoms with van der Waals surface area (Å²) in [6, 6.07) is 6.91. The topological polar surface area (TPSA) is 131 Å². The van der Waals surface area contributed by atoms with Gasteiger partial charge in [0, 0.05) is 12.7 Å². The van der Waals surface area contributed by atoms with Crippen LogP contribution >= 0.6 is 0 Å². The zero-order chi connectivity index (χ0) is 32.9. The lowest BCUT2D eigenvalue weighted by Gasteiger charge is -2.32. The largest absolute Gasteiger partial charge is 0.490 e. The predicted molar refractivity (Wildman–Crippen MR) is 147 cm³/mol. The predicted octanol–water partition coefficient (Wildman–Crippen LogP) is 5.70. The lowest BCUT2D eigenvalue weighted by atomic mass is 9.97. The molecule has 3 N–H and O–H groups in total. The van der Waals surface area contributed by atoms with Crippen LogP contribution in [0.5, 0.6) is 5.75 Å². The van der Waals surface area contributed by atoms with E-state index in [1.54, 1.807) is 50.4 Å². The number of ether oxygens (including phenoxy) is 2. The third-order valence-corrected chi connectivity index (χ3v) is 6.59. The molecule has 44 heavy (non-hydrogen) atoms. The first-order chi connectivity index (χ1) is 20.4. The summed E-state index contributed by atoms with van der Waals surface area (Å²) in [4.78, 5) is 39.1. The van der Waals surface area contributed by atoms with E-state index in [-0.39, 0.29) is 30.4 Å². The minimum absolute atomic E-state index is 0.190. The van der Waals surface area contributed by atoms with Crippen LogP contribution < -0.4 is 15.4 Å². The second-order valence-corrected chi connectivity index (χ2v) is 11.2. The van der Waals surface area contributed by atoms with Crippen LogP contribution in [0.15, 0.2) is 36.5 Å². The SMILES string of the molecule is Cc1nc2c(OCc3c(F)cccc3F)cccn2c1C(=O)NCC1(NC(=O)OC(C)(C)C)CCCC1.O=C(O)C(F)(F)F. The fourth-order valence-electron chi connectivity index (χ4n) is 4.61. The van der Waals surface area contributed by atoms with Gasteiger partial charge in [0.15, 0.2) is 11.4 Å². The molecule has 2 aromatic heterocycles. The van der Waals surface area contributed by atoms with Crippen LogP contribution in [0.1, 0.15) is 68.2 Å². The van der Waals surface area contributed by atoms with Crippen molar-refractivity contribution in [2.45, 2.75) is 77.3 Å². The number of carbonyl (C=O) groups is 3. The Kier molecular flexibility index (Phi) is 10.4. The van der Waals surface area contributed by atoms with Gasteiger partial charge in [-0.1, -0.05) is 18.9 Å². The van der Waals surface area contributed by atoms with Crippen molar-refractivity contribution in [1.82, 2.24) is 20.0 Å². The zero-order valence-corrected chi connectivity index (χ0v) is 24.5. The van der Waals surface area contributed by atoms with Crippen LogP contribution in [-0.4, -0.2) is 56.3 Å². The highest BCUT2D eigenvalue weighted by Crippen LogP contribution is 2.30. The summed E-state index contributed by atoms with van der Waals surface area (Å²) in [6.07, 6.45) is -0.604. The smallest absolute Gasteiger partial charge is 0.485 e. The summed E-state index contributed by atoms with van der Waals surface area (Å²) >= 11 is 0. The Labute approximate surface area is 249 Å². The Hall–Kier alpha value is -4.43. The maximum Gasteiger partial charge on any atom is 0.490 e. The number of rotatable bonds is 7. The number of amides is 2. The molecule has 1 fully saturated rings. The molecule has 2 heterocycles. The van der Waals surface area contributed by atoms with Gasteiger partial charge in [-0.3, -0.25) is 9.20 Å². The second kappa shape index (κ2) is 13.5. The fraction of sp³-hybridized carbons (Fsp3) is 0.448. The van der Waals surface area contributed by atoms with E-state index in [9.17, 15) is 31.5 Å². The first kappa shape index (κ1) is 34.1. The molecule has 0 saturated heterocycles. The zero-order valence-electron chi connectivity index (χ0n) is 24.5. The number of hydrogen-bond acceptors (Lipinski definition) is 6. The highest BCUT2D eigenvalue weighted by atomic mass is 19.4. The number of halogens is 5. The van der Waals surface area contributed by atoms with Crippen molar-refractivity contribution < 1.29 is 50.9 Å². The van der Waals surface area contributed by atoms with E-state index >= 15 is 0 Å². The Balaban J connectivity index is 0.000000676. The highest BCUT2D eigenvalue weighted by molar-refractivity contribution is 5.95. The summed E-state index contributed by atoms with van der Waals surface area (Å²) in [7, 11) is 0. The molecule has 0 bridgehead atoms. The number of nitrogens with one attached hydrogen (secondary N) is 2. The van der Waals surface area contributed by atoms with Gasteiger partial charge in [-0.2, -0.15) is 13.2 Å². The number of carbonyl (C=O) groups excluding carboxylic acids is 2. The molecule has 1 aliphatic carbocycles. The number of imidazole rings is 1. The number of pyridine rings is 1. The molecular weight excluding hydrogens is 595 g/mol. The molecular formula is C29H33F5N4O6. The first-order valence-corrected chi connectivity index (χ1v) is 13.6.